The van der Waals surface area contributed by atoms with Crippen molar-refractivity contribution in [3.8, 4) is 0 Å². The first-order valence-electron chi connectivity index (χ1n) is 7.99. The molecule has 0 heterocycles. The summed E-state index contributed by atoms with van der Waals surface area (Å²) in [6, 6.07) is 9.35. The molecule has 0 saturated heterocycles. The normalized spacial score (nSPS) is 13.9. The molecule has 0 aliphatic rings. The van der Waals surface area contributed by atoms with Crippen LogP contribution in [0.5, 0.6) is 0 Å². The van der Waals surface area contributed by atoms with Crippen LogP contribution in [0.15, 0.2) is 24.3 Å². The molecule has 0 atom stereocenters. The van der Waals surface area contributed by atoms with Gasteiger partial charge in [0.2, 0.25) is 0 Å². The molecule has 0 fully saturated rings. The van der Waals surface area contributed by atoms with Gasteiger partial charge in [-0.15, -0.1) is 0 Å². The molecule has 0 saturated carbocycles. The third-order valence-corrected chi connectivity index (χ3v) is 5.18. The van der Waals surface area contributed by atoms with E-state index < -0.39 is 0 Å². The average Bonchev–Trinajstić information content (AvgIpc) is 2.26. The number of rotatable bonds is 4. The molecule has 0 spiro atoms. The van der Waals surface area contributed by atoms with E-state index in [1.165, 1.54) is 17.5 Å². The van der Waals surface area contributed by atoms with Gasteiger partial charge in [0.1, 0.15) is 0 Å². The van der Waals surface area contributed by atoms with E-state index in [4.69, 9.17) is 0 Å². The van der Waals surface area contributed by atoms with Gasteiger partial charge in [0.25, 0.3) is 0 Å². The van der Waals surface area contributed by atoms with Crippen LogP contribution in [0.3, 0.4) is 0 Å². The molecule has 0 aliphatic carbocycles. The summed E-state index contributed by atoms with van der Waals surface area (Å²) in [7, 11) is 0. The van der Waals surface area contributed by atoms with E-state index in [9.17, 15) is 0 Å². The van der Waals surface area contributed by atoms with Crippen LogP contribution in [0.4, 0.5) is 0 Å². The lowest BCUT2D eigenvalue weighted by atomic mass is 9.65. The van der Waals surface area contributed by atoms with Crippen LogP contribution in [0.25, 0.3) is 0 Å². The smallest absolute Gasteiger partial charge is 0.00551 e. The zero-order chi connectivity index (χ0) is 15.8. The second-order valence-electron chi connectivity index (χ2n) is 8.93. The maximum absolute atomic E-state index is 2.36. The monoisotopic (exact) mass is 274 g/mol. The topological polar surface area (TPSA) is 0 Å². The fourth-order valence-electron chi connectivity index (χ4n) is 2.91. The standard InChI is InChI=1S/C20H34/c1-15(2)14-19(6,7)16-10-12-17(13-11-16)20(8,9)18(3,4)5/h10-13,15H,14H2,1-9H3. The first-order valence-corrected chi connectivity index (χ1v) is 7.99. The maximum Gasteiger partial charge on any atom is -0.00551 e. The first kappa shape index (κ1) is 17.3. The second kappa shape index (κ2) is 5.54. The van der Waals surface area contributed by atoms with Crippen LogP contribution in [-0.2, 0) is 10.8 Å². The molecule has 0 radical (unpaired) electrons. The lowest BCUT2D eigenvalue weighted by Crippen LogP contribution is -2.34. The number of hydrogen-bond acceptors (Lipinski definition) is 0. The van der Waals surface area contributed by atoms with Crippen molar-refractivity contribution in [2.75, 3.05) is 0 Å². The summed E-state index contributed by atoms with van der Waals surface area (Å²) >= 11 is 0. The highest BCUT2D eigenvalue weighted by atomic mass is 14.4. The molecule has 1 rings (SSSR count). The molecular weight excluding hydrogens is 240 g/mol. The molecule has 1 aromatic carbocycles. The van der Waals surface area contributed by atoms with E-state index >= 15 is 0 Å². The fourth-order valence-corrected chi connectivity index (χ4v) is 2.91. The third kappa shape index (κ3) is 3.65. The third-order valence-electron chi connectivity index (χ3n) is 5.18. The highest BCUT2D eigenvalue weighted by Crippen LogP contribution is 2.41. The average molecular weight is 274 g/mol. The van der Waals surface area contributed by atoms with Crippen molar-refractivity contribution < 1.29 is 0 Å². The summed E-state index contributed by atoms with van der Waals surface area (Å²) in [5.74, 6) is 0.732. The van der Waals surface area contributed by atoms with Gasteiger partial charge in [-0.2, -0.15) is 0 Å². The van der Waals surface area contributed by atoms with E-state index in [2.05, 4.69) is 86.6 Å². The van der Waals surface area contributed by atoms with Crippen molar-refractivity contribution >= 4 is 0 Å². The van der Waals surface area contributed by atoms with E-state index in [-0.39, 0.29) is 16.2 Å². The summed E-state index contributed by atoms with van der Waals surface area (Å²) in [5.41, 5.74) is 3.61. The molecule has 20 heavy (non-hydrogen) atoms. The lowest BCUT2D eigenvalue weighted by molar-refractivity contribution is 0.225. The molecule has 1 aromatic rings. The largest absolute Gasteiger partial charge is 0.0627 e. The van der Waals surface area contributed by atoms with Crippen LogP contribution in [0.2, 0.25) is 0 Å². The van der Waals surface area contributed by atoms with Crippen LogP contribution in [0, 0.1) is 11.3 Å². The molecule has 0 nitrogen and oxygen atoms in total. The minimum atomic E-state index is 0.188. The van der Waals surface area contributed by atoms with E-state index in [1.807, 2.05) is 0 Å². The summed E-state index contributed by atoms with van der Waals surface area (Å²) < 4.78 is 0. The zero-order valence-corrected chi connectivity index (χ0v) is 15.1. The van der Waals surface area contributed by atoms with Gasteiger partial charge in [-0.1, -0.05) is 86.6 Å². The van der Waals surface area contributed by atoms with Crippen molar-refractivity contribution in [3.05, 3.63) is 35.4 Å². The molecule has 0 aliphatic heterocycles. The zero-order valence-electron chi connectivity index (χ0n) is 15.1. The van der Waals surface area contributed by atoms with Crippen LogP contribution in [-0.4, -0.2) is 0 Å². The summed E-state index contributed by atoms with van der Waals surface area (Å²) in [5, 5.41) is 0. The Hall–Kier alpha value is -0.780. The van der Waals surface area contributed by atoms with Gasteiger partial charge in [-0.05, 0) is 39.7 Å². The van der Waals surface area contributed by atoms with Gasteiger partial charge >= 0.3 is 0 Å². The lowest BCUT2D eigenvalue weighted by Gasteiger charge is -2.40. The predicted molar refractivity (Wildman–Crippen MR) is 91.4 cm³/mol. The summed E-state index contributed by atoms with van der Waals surface area (Å²) in [4.78, 5) is 0. The van der Waals surface area contributed by atoms with Gasteiger partial charge in [0, 0.05) is 0 Å². The number of benzene rings is 1. The Morgan fingerprint density at radius 2 is 1.15 bits per heavy atom. The minimum Gasteiger partial charge on any atom is -0.0627 e. The highest BCUT2D eigenvalue weighted by molar-refractivity contribution is 5.33. The van der Waals surface area contributed by atoms with Crippen molar-refractivity contribution in [1.29, 1.82) is 0 Å². The van der Waals surface area contributed by atoms with Gasteiger partial charge in [0.05, 0.1) is 0 Å². The molecule has 0 heteroatoms. The Balaban J connectivity index is 3.06. The molecular formula is C20H34. The molecule has 0 bridgehead atoms. The van der Waals surface area contributed by atoms with Crippen LogP contribution >= 0.6 is 0 Å². The quantitative estimate of drug-likeness (QED) is 0.601. The Kier molecular flexibility index (Phi) is 4.79. The van der Waals surface area contributed by atoms with E-state index in [0.29, 0.717) is 0 Å². The maximum atomic E-state index is 2.36. The summed E-state index contributed by atoms with van der Waals surface area (Å²) in [6.07, 6.45) is 1.23. The van der Waals surface area contributed by atoms with Crippen LogP contribution < -0.4 is 0 Å². The fraction of sp³-hybridized carbons (Fsp3) is 0.700. The molecule has 0 amide bonds. The van der Waals surface area contributed by atoms with Gasteiger partial charge in [-0.3, -0.25) is 0 Å². The van der Waals surface area contributed by atoms with Gasteiger partial charge in [0.15, 0.2) is 0 Å². The molecule has 0 unspecified atom stereocenters. The van der Waals surface area contributed by atoms with E-state index in [0.717, 1.165) is 5.92 Å². The predicted octanol–water partition coefficient (Wildman–Crippen LogP) is 6.33. The molecule has 114 valence electrons. The Morgan fingerprint density at radius 3 is 1.50 bits per heavy atom. The van der Waals surface area contributed by atoms with Crippen molar-refractivity contribution in [3.63, 3.8) is 0 Å². The van der Waals surface area contributed by atoms with Gasteiger partial charge < -0.3 is 0 Å². The van der Waals surface area contributed by atoms with E-state index in [1.54, 1.807) is 0 Å². The van der Waals surface area contributed by atoms with Gasteiger partial charge in [-0.25, -0.2) is 0 Å². The second-order valence-corrected chi connectivity index (χ2v) is 8.93. The van der Waals surface area contributed by atoms with Crippen LogP contribution in [0.1, 0.15) is 79.9 Å². The molecule has 0 N–H and O–H groups in total. The highest BCUT2D eigenvalue weighted by Gasteiger charge is 2.34. The Labute approximate surface area is 127 Å². The Morgan fingerprint density at radius 1 is 0.750 bits per heavy atom. The minimum absolute atomic E-state index is 0.188. The van der Waals surface area contributed by atoms with Crippen molar-refractivity contribution in [1.82, 2.24) is 0 Å². The summed E-state index contributed by atoms with van der Waals surface area (Å²) in [6.45, 7) is 21.0. The number of hydrogen-bond donors (Lipinski definition) is 0. The Bertz CT molecular complexity index is 424. The molecule has 0 aromatic heterocycles. The SMILES string of the molecule is CC(C)CC(C)(C)c1ccc(C(C)(C)C(C)(C)C)cc1. The first-order chi connectivity index (χ1) is 8.88. The van der Waals surface area contributed by atoms with Crippen molar-refractivity contribution in [2.24, 2.45) is 11.3 Å². The van der Waals surface area contributed by atoms with Crippen molar-refractivity contribution in [2.45, 2.75) is 79.6 Å².